The Kier molecular flexibility index (Phi) is 9.57. The highest BCUT2D eigenvalue weighted by Gasteiger charge is 2.52. The molecule has 1 spiro atoms. The number of anilines is 3. The summed E-state index contributed by atoms with van der Waals surface area (Å²) in [6.45, 7) is 14.1. The summed E-state index contributed by atoms with van der Waals surface area (Å²) in [5.41, 5.74) is 21.1. The Morgan fingerprint density at radius 3 is 1.56 bits per heavy atom. The van der Waals surface area contributed by atoms with Gasteiger partial charge >= 0.3 is 0 Å². The van der Waals surface area contributed by atoms with E-state index in [0.29, 0.717) is 0 Å². The average molecular weight is 954 g/mol. The van der Waals surface area contributed by atoms with Gasteiger partial charge in [-0.2, -0.15) is 0 Å². The van der Waals surface area contributed by atoms with Gasteiger partial charge in [0.2, 0.25) is 0 Å². The number of thiophene rings is 1. The van der Waals surface area contributed by atoms with E-state index in [1.165, 1.54) is 125 Å². The van der Waals surface area contributed by atoms with Gasteiger partial charge in [0.15, 0.2) is 0 Å². The van der Waals surface area contributed by atoms with E-state index in [4.69, 9.17) is 0 Å². The van der Waals surface area contributed by atoms with E-state index in [0.717, 1.165) is 11.4 Å². The highest BCUT2D eigenvalue weighted by molar-refractivity contribution is 7.27. The first-order valence-electron chi connectivity index (χ1n) is 25.8. The van der Waals surface area contributed by atoms with Crippen LogP contribution in [-0.2, 0) is 16.2 Å². The summed E-state index contributed by atoms with van der Waals surface area (Å²) in [6.07, 6.45) is 0. The molecule has 1 nitrogen and oxygen atoms in total. The number of rotatable bonds is 5. The van der Waals surface area contributed by atoms with Gasteiger partial charge in [0.05, 0.1) is 15.8 Å². The summed E-state index contributed by atoms with van der Waals surface area (Å²) >= 11 is 1.93. The van der Waals surface area contributed by atoms with Crippen LogP contribution in [0.15, 0.2) is 224 Å². The Labute approximate surface area is 432 Å². The summed E-state index contributed by atoms with van der Waals surface area (Å²) in [5, 5.41) is 7.59. The molecule has 0 saturated carbocycles. The quantitative estimate of drug-likeness (QED) is 0.166. The zero-order valence-electron chi connectivity index (χ0n) is 42.2. The number of hydrogen-bond donors (Lipinski definition) is 0. The first kappa shape index (κ1) is 43.7. The average Bonchev–Trinajstić information content (AvgIpc) is 4.05. The number of hydrogen-bond acceptors (Lipinski definition) is 2. The van der Waals surface area contributed by atoms with E-state index in [-0.39, 0.29) is 10.8 Å². The molecule has 0 amide bonds. The van der Waals surface area contributed by atoms with Crippen molar-refractivity contribution in [2.75, 3.05) is 4.90 Å². The molecule has 14 rings (SSSR count). The molecule has 0 radical (unpaired) electrons. The number of fused-ring (bicyclic) bond motifs is 16. The van der Waals surface area contributed by atoms with Crippen LogP contribution in [0.5, 0.6) is 0 Å². The number of benzene rings is 11. The first-order valence-corrected chi connectivity index (χ1v) is 26.6. The SMILES string of the molecule is CC(C)(C)c1ccc2c(c1)C1(c3ccccc3-c3ccc(N(c4ccc(-c5cccc6ccccc56)cc4)c4cc5ccccc5c5c4sc4c(-c6ccccc6)cccc45)cc31)c1cc(C(C)(C)C)ccc1-2. The Morgan fingerprint density at radius 2 is 0.849 bits per heavy atom. The molecule has 12 aromatic rings. The van der Waals surface area contributed by atoms with Gasteiger partial charge in [0.1, 0.15) is 0 Å². The van der Waals surface area contributed by atoms with Crippen LogP contribution in [0.3, 0.4) is 0 Å². The third-order valence-electron chi connectivity index (χ3n) is 16.2. The summed E-state index contributed by atoms with van der Waals surface area (Å²) in [7, 11) is 0. The van der Waals surface area contributed by atoms with Crippen molar-refractivity contribution in [1.29, 1.82) is 0 Å². The molecule has 0 fully saturated rings. The fourth-order valence-electron chi connectivity index (χ4n) is 12.6. The smallest absolute Gasteiger partial charge is 0.0726 e. The maximum Gasteiger partial charge on any atom is 0.0726 e. The first-order chi connectivity index (χ1) is 35.5. The number of nitrogens with zero attached hydrogens (tertiary/aromatic N) is 1. The van der Waals surface area contributed by atoms with Crippen LogP contribution in [-0.4, -0.2) is 0 Å². The van der Waals surface area contributed by atoms with Gasteiger partial charge in [-0.15, -0.1) is 11.3 Å². The van der Waals surface area contributed by atoms with Crippen LogP contribution < -0.4 is 4.90 Å². The zero-order valence-corrected chi connectivity index (χ0v) is 43.0. The molecule has 0 atom stereocenters. The Hall–Kier alpha value is -8.04. The third kappa shape index (κ3) is 6.53. The maximum absolute atomic E-state index is 2.57. The normalized spacial score (nSPS) is 13.5. The minimum Gasteiger partial charge on any atom is -0.309 e. The fraction of sp³-hybridized carbons (Fsp3) is 0.127. The molecule has 2 heteroatoms. The van der Waals surface area contributed by atoms with E-state index in [1.54, 1.807) is 0 Å². The molecular formula is C71H55NS. The van der Waals surface area contributed by atoms with Crippen molar-refractivity contribution in [2.45, 2.75) is 57.8 Å². The van der Waals surface area contributed by atoms with Gasteiger partial charge in [-0.3, -0.25) is 0 Å². The highest BCUT2D eigenvalue weighted by Crippen LogP contribution is 2.64. The lowest BCUT2D eigenvalue weighted by atomic mass is 9.68. The molecular weight excluding hydrogens is 899 g/mol. The molecule has 2 aliphatic rings. The van der Waals surface area contributed by atoms with Crippen LogP contribution in [0, 0.1) is 0 Å². The van der Waals surface area contributed by atoms with Crippen molar-refractivity contribution < 1.29 is 0 Å². The molecule has 0 unspecified atom stereocenters. The second-order valence-corrected chi connectivity index (χ2v) is 23.4. The Balaban J connectivity index is 1.07. The standard InChI is InChI=1S/C71H55NS/c1-69(2,3)48-32-37-57-58-38-33-49(70(4,5)6)42-63(58)71(62(57)41-48)61-29-15-14-25-56(61)59-39-36-51(43-64(59)71)72(50-34-30-46(31-35-50)53-26-16-22-44-20-10-12-23-52(44)53)65-40-47-21-11-13-24-54(47)66-60-28-17-27-55(67(60)73-68(65)66)45-18-8-7-9-19-45/h7-43H,1-6H3. The lowest BCUT2D eigenvalue weighted by Crippen LogP contribution is -2.27. The van der Waals surface area contributed by atoms with Crippen molar-refractivity contribution in [3.05, 3.63) is 258 Å². The van der Waals surface area contributed by atoms with E-state index in [1.807, 2.05) is 11.3 Å². The third-order valence-corrected chi connectivity index (χ3v) is 17.4. The predicted octanol–water partition coefficient (Wildman–Crippen LogP) is 20.1. The molecule has 73 heavy (non-hydrogen) atoms. The molecule has 0 N–H and O–H groups in total. The Bertz CT molecular complexity index is 4150. The lowest BCUT2D eigenvalue weighted by Gasteiger charge is -2.34. The zero-order chi connectivity index (χ0) is 49.4. The van der Waals surface area contributed by atoms with Gasteiger partial charge in [-0.25, -0.2) is 0 Å². The van der Waals surface area contributed by atoms with Crippen LogP contribution in [0.25, 0.3) is 86.2 Å². The summed E-state index contributed by atoms with van der Waals surface area (Å²) in [5.74, 6) is 0. The van der Waals surface area contributed by atoms with Gasteiger partial charge in [-0.1, -0.05) is 236 Å². The molecule has 350 valence electrons. The van der Waals surface area contributed by atoms with Crippen molar-refractivity contribution >= 4 is 70.1 Å². The van der Waals surface area contributed by atoms with Crippen molar-refractivity contribution in [3.8, 4) is 44.5 Å². The van der Waals surface area contributed by atoms with Crippen LogP contribution in [0.1, 0.15) is 74.9 Å². The summed E-state index contributed by atoms with van der Waals surface area (Å²) in [4.78, 5) is 2.57. The van der Waals surface area contributed by atoms with Crippen molar-refractivity contribution in [3.63, 3.8) is 0 Å². The predicted molar refractivity (Wildman–Crippen MR) is 314 cm³/mol. The van der Waals surface area contributed by atoms with Crippen LogP contribution in [0.4, 0.5) is 17.1 Å². The van der Waals surface area contributed by atoms with Crippen LogP contribution in [0.2, 0.25) is 0 Å². The molecule has 0 bridgehead atoms. The highest BCUT2D eigenvalue weighted by atomic mass is 32.1. The van der Waals surface area contributed by atoms with E-state index in [2.05, 4.69) is 271 Å². The van der Waals surface area contributed by atoms with E-state index < -0.39 is 5.41 Å². The van der Waals surface area contributed by atoms with Gasteiger partial charge < -0.3 is 4.90 Å². The molecule has 2 aliphatic carbocycles. The monoisotopic (exact) mass is 953 g/mol. The lowest BCUT2D eigenvalue weighted by molar-refractivity contribution is 0.586. The Morgan fingerprint density at radius 1 is 0.342 bits per heavy atom. The topological polar surface area (TPSA) is 3.24 Å². The largest absolute Gasteiger partial charge is 0.309 e. The second kappa shape index (κ2) is 16.0. The van der Waals surface area contributed by atoms with Crippen LogP contribution >= 0.6 is 11.3 Å². The van der Waals surface area contributed by atoms with Gasteiger partial charge in [0, 0.05) is 26.8 Å². The molecule has 11 aromatic carbocycles. The van der Waals surface area contributed by atoms with E-state index >= 15 is 0 Å². The fourth-order valence-corrected chi connectivity index (χ4v) is 13.9. The van der Waals surface area contributed by atoms with Crippen molar-refractivity contribution in [2.24, 2.45) is 0 Å². The molecule has 1 heterocycles. The van der Waals surface area contributed by atoms with Crippen molar-refractivity contribution in [1.82, 2.24) is 0 Å². The minimum atomic E-state index is -0.542. The maximum atomic E-state index is 2.57. The van der Waals surface area contributed by atoms with Gasteiger partial charge in [-0.05, 0) is 141 Å². The van der Waals surface area contributed by atoms with E-state index in [9.17, 15) is 0 Å². The summed E-state index contributed by atoms with van der Waals surface area (Å²) < 4.78 is 2.58. The van der Waals surface area contributed by atoms with Gasteiger partial charge in [0.25, 0.3) is 0 Å². The molecule has 0 saturated heterocycles. The summed E-state index contributed by atoms with van der Waals surface area (Å²) in [6, 6.07) is 85.3. The second-order valence-electron chi connectivity index (χ2n) is 22.4. The molecule has 1 aromatic heterocycles. The molecule has 0 aliphatic heterocycles. The minimum absolute atomic E-state index is 0.0363.